The van der Waals surface area contributed by atoms with Crippen molar-refractivity contribution >= 4 is 5.69 Å². The molecule has 0 unspecified atom stereocenters. The Morgan fingerprint density at radius 3 is 2.50 bits per heavy atom. The molecule has 0 bridgehead atoms. The van der Waals surface area contributed by atoms with Crippen LogP contribution in [0.4, 0.5) is 5.69 Å². The van der Waals surface area contributed by atoms with Crippen LogP contribution < -0.4 is 4.90 Å². The maximum absolute atomic E-state index is 9.57. The quantitative estimate of drug-likeness (QED) is 0.907. The third-order valence-corrected chi connectivity index (χ3v) is 4.07. The molecule has 0 saturated carbocycles. The fourth-order valence-electron chi connectivity index (χ4n) is 2.71. The Morgan fingerprint density at radius 1 is 1.35 bits per heavy atom. The van der Waals surface area contributed by atoms with Crippen LogP contribution in [0.25, 0.3) is 0 Å². The van der Waals surface area contributed by atoms with Crippen LogP contribution in [0.3, 0.4) is 0 Å². The first-order chi connectivity index (χ1) is 9.52. The van der Waals surface area contributed by atoms with Gasteiger partial charge in [0.15, 0.2) is 0 Å². The number of rotatable bonds is 4. The number of aliphatic hydroxyl groups excluding tert-OH is 1. The molecule has 112 valence electrons. The van der Waals surface area contributed by atoms with E-state index >= 15 is 0 Å². The van der Waals surface area contributed by atoms with E-state index in [1.807, 2.05) is 6.20 Å². The monoisotopic (exact) mass is 278 g/mol. The summed E-state index contributed by atoms with van der Waals surface area (Å²) in [5, 5.41) is 9.57. The molecule has 0 radical (unpaired) electrons. The van der Waals surface area contributed by atoms with Crippen molar-refractivity contribution in [3.8, 4) is 0 Å². The third-order valence-electron chi connectivity index (χ3n) is 4.07. The average molecular weight is 278 g/mol. The van der Waals surface area contributed by atoms with Gasteiger partial charge in [-0.3, -0.25) is 0 Å². The van der Waals surface area contributed by atoms with Gasteiger partial charge in [-0.2, -0.15) is 0 Å². The van der Waals surface area contributed by atoms with Crippen LogP contribution >= 0.6 is 0 Å². The number of hydrogen-bond acceptors (Lipinski definition) is 5. The summed E-state index contributed by atoms with van der Waals surface area (Å²) < 4.78 is 0. The van der Waals surface area contributed by atoms with E-state index in [0.29, 0.717) is 6.04 Å². The molecule has 2 rings (SSSR count). The van der Waals surface area contributed by atoms with Gasteiger partial charge in [-0.25, -0.2) is 9.97 Å². The molecule has 2 heterocycles. The zero-order valence-electron chi connectivity index (χ0n) is 13.0. The summed E-state index contributed by atoms with van der Waals surface area (Å²) in [5.74, 6) is 1.09. The van der Waals surface area contributed by atoms with Gasteiger partial charge in [-0.1, -0.05) is 13.8 Å². The molecule has 1 aliphatic rings. The molecular weight excluding hydrogens is 252 g/mol. The highest BCUT2D eigenvalue weighted by atomic mass is 16.3. The minimum atomic E-state index is -0.0226. The molecule has 0 atom stereocenters. The summed E-state index contributed by atoms with van der Waals surface area (Å²) in [5.41, 5.74) is 1.75. The fourth-order valence-corrected chi connectivity index (χ4v) is 2.71. The van der Waals surface area contributed by atoms with Crippen LogP contribution in [0, 0.1) is 0 Å². The van der Waals surface area contributed by atoms with Crippen molar-refractivity contribution < 1.29 is 5.11 Å². The van der Waals surface area contributed by atoms with E-state index < -0.39 is 0 Å². The van der Waals surface area contributed by atoms with Crippen LogP contribution in [0.15, 0.2) is 6.20 Å². The van der Waals surface area contributed by atoms with Crippen LogP contribution in [-0.2, 0) is 6.61 Å². The smallest absolute Gasteiger partial charge is 0.131 e. The fraction of sp³-hybridized carbons (Fsp3) is 0.733. The first kappa shape index (κ1) is 15.2. The molecule has 20 heavy (non-hydrogen) atoms. The first-order valence-corrected chi connectivity index (χ1v) is 7.41. The second-order valence-electron chi connectivity index (χ2n) is 6.05. The summed E-state index contributed by atoms with van der Waals surface area (Å²) >= 11 is 0. The van der Waals surface area contributed by atoms with Crippen molar-refractivity contribution in [1.82, 2.24) is 14.9 Å². The molecular formula is C15H26N4O. The number of nitrogens with zero attached hydrogens (tertiary/aromatic N) is 4. The number of aromatic nitrogens is 2. The lowest BCUT2D eigenvalue weighted by Gasteiger charge is -2.36. The number of aliphatic hydroxyl groups is 1. The van der Waals surface area contributed by atoms with Crippen LogP contribution in [0.5, 0.6) is 0 Å². The molecule has 0 spiro atoms. The summed E-state index contributed by atoms with van der Waals surface area (Å²) in [6, 6.07) is 0.652. The lowest BCUT2D eigenvalue weighted by Crippen LogP contribution is -2.42. The Labute approximate surface area is 121 Å². The Morgan fingerprint density at radius 2 is 2.00 bits per heavy atom. The summed E-state index contributed by atoms with van der Waals surface area (Å²) in [6.07, 6.45) is 4.16. The predicted octanol–water partition coefficient (Wildman–Crippen LogP) is 1.62. The van der Waals surface area contributed by atoms with Crippen LogP contribution in [-0.4, -0.2) is 53.2 Å². The van der Waals surface area contributed by atoms with Gasteiger partial charge in [-0.15, -0.1) is 0 Å². The average Bonchev–Trinajstić information content (AvgIpc) is 2.46. The van der Waals surface area contributed by atoms with Crippen molar-refractivity contribution in [2.75, 3.05) is 32.1 Å². The van der Waals surface area contributed by atoms with Gasteiger partial charge in [0, 0.05) is 25.0 Å². The molecule has 0 amide bonds. The molecule has 1 saturated heterocycles. The van der Waals surface area contributed by atoms with Crippen molar-refractivity contribution in [3.63, 3.8) is 0 Å². The molecule has 0 aromatic carbocycles. The van der Waals surface area contributed by atoms with E-state index in [1.165, 1.54) is 0 Å². The van der Waals surface area contributed by atoms with E-state index in [9.17, 15) is 5.11 Å². The lowest BCUT2D eigenvalue weighted by atomic mass is 10.0. The Balaban J connectivity index is 2.13. The predicted molar refractivity (Wildman–Crippen MR) is 81.0 cm³/mol. The topological polar surface area (TPSA) is 52.5 Å². The largest absolute Gasteiger partial charge is 0.390 e. The van der Waals surface area contributed by atoms with E-state index in [-0.39, 0.29) is 12.5 Å². The van der Waals surface area contributed by atoms with Gasteiger partial charge in [0.2, 0.25) is 0 Å². The zero-order chi connectivity index (χ0) is 14.7. The molecule has 0 aliphatic carbocycles. The number of anilines is 1. The first-order valence-electron chi connectivity index (χ1n) is 7.41. The molecule has 1 aromatic heterocycles. The Hall–Kier alpha value is -1.20. The highest BCUT2D eigenvalue weighted by Crippen LogP contribution is 2.25. The maximum atomic E-state index is 9.57. The summed E-state index contributed by atoms with van der Waals surface area (Å²) in [4.78, 5) is 13.5. The van der Waals surface area contributed by atoms with E-state index in [0.717, 1.165) is 43.1 Å². The summed E-state index contributed by atoms with van der Waals surface area (Å²) in [6.45, 7) is 6.11. The van der Waals surface area contributed by atoms with Gasteiger partial charge in [0.05, 0.1) is 24.2 Å². The van der Waals surface area contributed by atoms with E-state index in [2.05, 4.69) is 47.7 Å². The zero-order valence-corrected chi connectivity index (χ0v) is 13.0. The van der Waals surface area contributed by atoms with Gasteiger partial charge < -0.3 is 14.9 Å². The molecule has 1 N–H and O–H groups in total. The number of hydrogen-bond donors (Lipinski definition) is 1. The van der Waals surface area contributed by atoms with Gasteiger partial charge in [0.25, 0.3) is 0 Å². The van der Waals surface area contributed by atoms with Crippen molar-refractivity contribution in [2.45, 2.75) is 45.3 Å². The van der Waals surface area contributed by atoms with Gasteiger partial charge in [-0.05, 0) is 26.9 Å². The van der Waals surface area contributed by atoms with Crippen molar-refractivity contribution in [3.05, 3.63) is 17.7 Å². The second-order valence-corrected chi connectivity index (χ2v) is 6.05. The van der Waals surface area contributed by atoms with Gasteiger partial charge in [0.1, 0.15) is 5.82 Å². The minimum absolute atomic E-state index is 0.0226. The molecule has 5 heteroatoms. The van der Waals surface area contributed by atoms with Gasteiger partial charge >= 0.3 is 0 Å². The van der Waals surface area contributed by atoms with Crippen LogP contribution in [0.1, 0.15) is 44.1 Å². The molecule has 1 fully saturated rings. The third kappa shape index (κ3) is 3.27. The second kappa shape index (κ2) is 6.50. The number of piperidine rings is 1. The Kier molecular flexibility index (Phi) is 4.94. The maximum Gasteiger partial charge on any atom is 0.131 e. The Bertz CT molecular complexity index is 439. The highest BCUT2D eigenvalue weighted by molar-refractivity contribution is 5.49. The standard InChI is InChI=1S/C15H26N4O/c1-11(2)15-16-9-14(13(10-20)17-15)19-7-5-12(6-8-19)18(3)4/h9,11-12,20H,5-8,10H2,1-4H3. The van der Waals surface area contributed by atoms with E-state index in [4.69, 9.17) is 0 Å². The van der Waals surface area contributed by atoms with E-state index in [1.54, 1.807) is 0 Å². The summed E-state index contributed by atoms with van der Waals surface area (Å²) in [7, 11) is 4.28. The molecule has 1 aliphatic heterocycles. The SMILES string of the molecule is CC(C)c1ncc(N2CCC(N(C)C)CC2)c(CO)n1. The van der Waals surface area contributed by atoms with Crippen LogP contribution in [0.2, 0.25) is 0 Å². The van der Waals surface area contributed by atoms with Crippen molar-refractivity contribution in [1.29, 1.82) is 0 Å². The minimum Gasteiger partial charge on any atom is -0.390 e. The lowest BCUT2D eigenvalue weighted by molar-refractivity contribution is 0.248. The molecule has 5 nitrogen and oxygen atoms in total. The highest BCUT2D eigenvalue weighted by Gasteiger charge is 2.23. The molecule has 1 aromatic rings. The van der Waals surface area contributed by atoms with Crippen molar-refractivity contribution in [2.24, 2.45) is 0 Å². The normalized spacial score (nSPS) is 17.2.